The molecule has 0 aromatic carbocycles. The van der Waals surface area contributed by atoms with Crippen LogP contribution in [0.1, 0.15) is 32.6 Å². The van der Waals surface area contributed by atoms with Crippen molar-refractivity contribution in [2.24, 2.45) is 5.92 Å². The summed E-state index contributed by atoms with van der Waals surface area (Å²) in [5.41, 5.74) is 0. The molecule has 0 aliphatic heterocycles. The first-order chi connectivity index (χ1) is 12.2. The van der Waals surface area contributed by atoms with Crippen LogP contribution in [0, 0.1) is 5.92 Å². The number of hydrogen-bond donors (Lipinski definition) is 2. The van der Waals surface area contributed by atoms with Crippen molar-refractivity contribution in [1.29, 1.82) is 0 Å². The Morgan fingerprint density at radius 2 is 1.92 bits per heavy atom. The lowest BCUT2D eigenvalue weighted by molar-refractivity contribution is -0.154. The maximum absolute atomic E-state index is 12.2. The Morgan fingerprint density at radius 1 is 1.23 bits per heavy atom. The largest absolute Gasteiger partial charge is 0.467 e. The van der Waals surface area contributed by atoms with Crippen LogP contribution >= 0.6 is 0 Å². The minimum absolute atomic E-state index is 0.0648. The molecule has 26 heavy (non-hydrogen) atoms. The molecule has 0 bridgehead atoms. The number of sulfonamides is 1. The molecule has 1 aromatic heterocycles. The predicted molar refractivity (Wildman–Crippen MR) is 90.4 cm³/mol. The van der Waals surface area contributed by atoms with Gasteiger partial charge in [0.25, 0.3) is 0 Å². The highest BCUT2D eigenvalue weighted by molar-refractivity contribution is 7.89. The zero-order valence-electron chi connectivity index (χ0n) is 14.4. The van der Waals surface area contributed by atoms with Gasteiger partial charge in [0.2, 0.25) is 15.9 Å². The van der Waals surface area contributed by atoms with Crippen LogP contribution in [0.25, 0.3) is 0 Å². The molecule has 0 atom stereocenters. The van der Waals surface area contributed by atoms with E-state index in [1.807, 2.05) is 0 Å². The Hall–Kier alpha value is -1.62. The van der Waals surface area contributed by atoms with Gasteiger partial charge in [0.15, 0.2) is 6.61 Å². The van der Waals surface area contributed by atoms with E-state index >= 15 is 0 Å². The third-order valence-corrected chi connectivity index (χ3v) is 5.53. The minimum Gasteiger partial charge on any atom is -0.467 e. The van der Waals surface area contributed by atoms with Gasteiger partial charge in [0.05, 0.1) is 18.1 Å². The molecule has 2 N–H and O–H groups in total. The van der Waals surface area contributed by atoms with Crippen molar-refractivity contribution in [3.63, 3.8) is 0 Å². The molecule has 1 aromatic rings. The van der Waals surface area contributed by atoms with E-state index in [0.717, 1.165) is 31.9 Å². The van der Waals surface area contributed by atoms with Crippen LogP contribution in [0.4, 0.5) is 19.0 Å². The molecule has 1 saturated carbocycles. The van der Waals surface area contributed by atoms with E-state index in [9.17, 15) is 21.6 Å². The summed E-state index contributed by atoms with van der Waals surface area (Å²) in [6.07, 6.45) is 1.46. The normalized spacial score (nSPS) is 21.4. The van der Waals surface area contributed by atoms with Gasteiger partial charge >= 0.3 is 6.18 Å². The van der Waals surface area contributed by atoms with E-state index in [4.69, 9.17) is 0 Å². The Balaban J connectivity index is 1.78. The van der Waals surface area contributed by atoms with Crippen molar-refractivity contribution in [3.8, 4) is 5.88 Å². The van der Waals surface area contributed by atoms with Gasteiger partial charge < -0.3 is 10.1 Å². The molecule has 1 fully saturated rings. The number of anilines is 1. The first-order valence-electron chi connectivity index (χ1n) is 8.42. The minimum atomic E-state index is -4.43. The van der Waals surface area contributed by atoms with Gasteiger partial charge in [-0.05, 0) is 38.5 Å². The van der Waals surface area contributed by atoms with E-state index in [1.54, 1.807) is 6.92 Å². The number of hydrogen-bond acceptors (Lipinski definition) is 6. The molecule has 0 spiro atoms. The lowest BCUT2D eigenvalue weighted by Crippen LogP contribution is -2.34. The van der Waals surface area contributed by atoms with Crippen molar-refractivity contribution in [2.45, 2.75) is 44.8 Å². The molecular weight excluding hydrogens is 373 g/mol. The fourth-order valence-corrected chi connectivity index (χ4v) is 3.40. The lowest BCUT2D eigenvalue weighted by atomic mass is 9.86. The molecule has 2 rings (SSSR count). The number of halogens is 3. The summed E-state index contributed by atoms with van der Waals surface area (Å²) in [7, 11) is -3.18. The van der Waals surface area contributed by atoms with Crippen LogP contribution in [0.3, 0.4) is 0 Å². The Bertz CT molecular complexity index is 677. The zero-order chi connectivity index (χ0) is 19.2. The van der Waals surface area contributed by atoms with E-state index < -0.39 is 22.8 Å². The average Bonchev–Trinajstić information content (AvgIpc) is 2.59. The second-order valence-electron chi connectivity index (χ2n) is 6.26. The number of nitrogens with zero attached hydrogens (tertiary/aromatic N) is 2. The summed E-state index contributed by atoms with van der Waals surface area (Å²) >= 11 is 0. The maximum Gasteiger partial charge on any atom is 0.422 e. The summed E-state index contributed by atoms with van der Waals surface area (Å²) in [6, 6.07) is 0.112. The summed E-state index contributed by atoms with van der Waals surface area (Å²) in [4.78, 5) is 7.82. The third-order valence-electron chi connectivity index (χ3n) is 4.17. The highest BCUT2D eigenvalue weighted by atomic mass is 32.2. The molecule has 1 aliphatic rings. The highest BCUT2D eigenvalue weighted by Gasteiger charge is 2.29. The smallest absolute Gasteiger partial charge is 0.422 e. The quantitative estimate of drug-likeness (QED) is 0.701. The monoisotopic (exact) mass is 396 g/mol. The van der Waals surface area contributed by atoms with Crippen LogP contribution in [0.2, 0.25) is 0 Å². The molecule has 148 valence electrons. The Labute approximate surface area is 150 Å². The van der Waals surface area contributed by atoms with E-state index in [-0.39, 0.29) is 23.6 Å². The topological polar surface area (TPSA) is 93.2 Å². The lowest BCUT2D eigenvalue weighted by Gasteiger charge is -2.29. The Kier molecular flexibility index (Phi) is 7.04. The summed E-state index contributed by atoms with van der Waals surface area (Å²) in [5.74, 6) is 0.520. The van der Waals surface area contributed by atoms with E-state index in [0.29, 0.717) is 12.4 Å². The average molecular weight is 396 g/mol. The summed E-state index contributed by atoms with van der Waals surface area (Å²) < 4.78 is 66.7. The van der Waals surface area contributed by atoms with Gasteiger partial charge in [-0.15, -0.1) is 0 Å². The van der Waals surface area contributed by atoms with Crippen LogP contribution < -0.4 is 14.8 Å². The summed E-state index contributed by atoms with van der Waals surface area (Å²) in [5, 5.41) is 3.15. The maximum atomic E-state index is 12.2. The van der Waals surface area contributed by atoms with Gasteiger partial charge in [-0.1, -0.05) is 0 Å². The molecule has 0 unspecified atom stereocenters. The van der Waals surface area contributed by atoms with E-state index in [1.165, 1.54) is 6.20 Å². The first-order valence-corrected chi connectivity index (χ1v) is 10.1. The van der Waals surface area contributed by atoms with Crippen molar-refractivity contribution in [1.82, 2.24) is 14.7 Å². The fraction of sp³-hybridized carbons (Fsp3) is 0.733. The number of aromatic nitrogens is 2. The van der Waals surface area contributed by atoms with Crippen LogP contribution in [-0.2, 0) is 10.0 Å². The molecule has 0 saturated heterocycles. The Morgan fingerprint density at radius 3 is 2.54 bits per heavy atom. The van der Waals surface area contributed by atoms with Crippen molar-refractivity contribution in [3.05, 3.63) is 12.4 Å². The molecular formula is C15H23F3N4O3S. The van der Waals surface area contributed by atoms with Gasteiger partial charge in [-0.3, -0.25) is 4.98 Å². The number of ether oxygens (including phenoxy) is 1. The van der Waals surface area contributed by atoms with Crippen molar-refractivity contribution in [2.75, 3.05) is 24.2 Å². The first kappa shape index (κ1) is 20.7. The summed E-state index contributed by atoms with van der Waals surface area (Å²) in [6.45, 7) is 0.615. The molecule has 0 amide bonds. The molecule has 11 heteroatoms. The van der Waals surface area contributed by atoms with Gasteiger partial charge in [-0.25, -0.2) is 13.1 Å². The standard InChI is InChI=1S/C15H23F3N4O3S/c1-2-26(23,24)20-7-11-3-5-12(6-4-11)21-13-8-19-9-14(22-13)25-10-15(16,17)18/h8-9,11-12,20H,2-7,10H2,1H3,(H,21,22)/t11-,12-. The molecule has 7 nitrogen and oxygen atoms in total. The van der Waals surface area contributed by atoms with Gasteiger partial charge in [-0.2, -0.15) is 18.2 Å². The predicted octanol–water partition coefficient (Wildman–Crippen LogP) is 2.33. The number of alkyl halides is 3. The fourth-order valence-electron chi connectivity index (χ4n) is 2.71. The van der Waals surface area contributed by atoms with Crippen molar-refractivity contribution < 1.29 is 26.3 Å². The zero-order valence-corrected chi connectivity index (χ0v) is 15.2. The SMILES string of the molecule is CCS(=O)(=O)NC[C@H]1CC[C@H](Nc2cncc(OCC(F)(F)F)n2)CC1. The van der Waals surface area contributed by atoms with Gasteiger partial charge in [0.1, 0.15) is 5.82 Å². The second kappa shape index (κ2) is 8.85. The van der Waals surface area contributed by atoms with Gasteiger partial charge in [0, 0.05) is 12.6 Å². The van der Waals surface area contributed by atoms with Crippen LogP contribution in [0.15, 0.2) is 12.4 Å². The van der Waals surface area contributed by atoms with Crippen LogP contribution in [-0.4, -0.2) is 49.5 Å². The molecule has 1 heterocycles. The number of nitrogens with one attached hydrogen (secondary N) is 2. The molecule has 0 radical (unpaired) electrons. The molecule has 1 aliphatic carbocycles. The number of rotatable bonds is 8. The van der Waals surface area contributed by atoms with Crippen molar-refractivity contribution >= 4 is 15.8 Å². The highest BCUT2D eigenvalue weighted by Crippen LogP contribution is 2.26. The second-order valence-corrected chi connectivity index (χ2v) is 8.36. The van der Waals surface area contributed by atoms with Crippen LogP contribution in [0.5, 0.6) is 5.88 Å². The van der Waals surface area contributed by atoms with E-state index in [2.05, 4.69) is 24.7 Å². The third kappa shape index (κ3) is 7.32.